The van der Waals surface area contributed by atoms with Crippen molar-refractivity contribution in [2.24, 2.45) is 11.1 Å². The number of carbonyl (C=O) groups excluding carboxylic acids is 2. The van der Waals surface area contributed by atoms with E-state index in [1.807, 2.05) is 13.8 Å². The quantitative estimate of drug-likeness (QED) is 0.481. The van der Waals surface area contributed by atoms with Gasteiger partial charge < -0.3 is 4.84 Å². The van der Waals surface area contributed by atoms with Gasteiger partial charge in [0.15, 0.2) is 5.78 Å². The molecule has 0 fully saturated rings. The summed E-state index contributed by atoms with van der Waals surface area (Å²) in [7, 11) is 0. The Hall–Kier alpha value is -2.20. The normalized spacial score (nSPS) is 16.6. The van der Waals surface area contributed by atoms with E-state index in [0.717, 1.165) is 5.57 Å². The van der Waals surface area contributed by atoms with E-state index >= 15 is 0 Å². The number of allylic oxidation sites excluding steroid dienone is 4. The fourth-order valence-electron chi connectivity index (χ4n) is 1.99. The molecule has 0 amide bonds. The first kappa shape index (κ1) is 16.2. The van der Waals surface area contributed by atoms with Crippen LogP contribution in [0.2, 0.25) is 5.02 Å². The minimum atomic E-state index is -0.596. The van der Waals surface area contributed by atoms with Crippen molar-refractivity contribution in [1.82, 2.24) is 0 Å². The van der Waals surface area contributed by atoms with Gasteiger partial charge >= 0.3 is 5.97 Å². The van der Waals surface area contributed by atoms with Crippen molar-refractivity contribution in [2.45, 2.75) is 20.8 Å². The molecule has 22 heavy (non-hydrogen) atoms. The average Bonchev–Trinajstić information content (AvgIpc) is 2.47. The zero-order chi connectivity index (χ0) is 16.3. The van der Waals surface area contributed by atoms with Crippen molar-refractivity contribution < 1.29 is 14.4 Å². The Morgan fingerprint density at radius 1 is 1.27 bits per heavy atom. The first-order chi connectivity index (χ1) is 10.4. The number of benzene rings is 1. The number of halogens is 1. The maximum atomic E-state index is 12.0. The molecule has 5 heteroatoms. The number of nitrogens with zero attached hydrogens (tertiary/aromatic N) is 1. The zero-order valence-corrected chi connectivity index (χ0v) is 13.3. The summed E-state index contributed by atoms with van der Waals surface area (Å²) < 4.78 is 0. The molecule has 1 aliphatic carbocycles. The molecule has 0 saturated heterocycles. The number of hydrogen-bond acceptors (Lipinski definition) is 4. The van der Waals surface area contributed by atoms with Crippen molar-refractivity contribution >= 4 is 29.1 Å². The Balaban J connectivity index is 2.23. The lowest BCUT2D eigenvalue weighted by Crippen LogP contribution is -2.16. The summed E-state index contributed by atoms with van der Waals surface area (Å²) in [6.45, 7) is 5.59. The molecule has 0 unspecified atom stereocenters. The molecule has 0 spiro atoms. The fourth-order valence-corrected chi connectivity index (χ4v) is 2.18. The van der Waals surface area contributed by atoms with Gasteiger partial charge in [-0.2, -0.15) is 0 Å². The van der Waals surface area contributed by atoms with E-state index in [-0.39, 0.29) is 11.7 Å². The van der Waals surface area contributed by atoms with Gasteiger partial charge in [0.05, 0.1) is 5.56 Å². The van der Waals surface area contributed by atoms with Gasteiger partial charge in [-0.05, 0) is 54.3 Å². The van der Waals surface area contributed by atoms with Crippen LogP contribution in [0.1, 0.15) is 31.1 Å². The van der Waals surface area contributed by atoms with Crippen LogP contribution in [0.4, 0.5) is 0 Å². The summed E-state index contributed by atoms with van der Waals surface area (Å²) in [5, 5.41) is 4.35. The van der Waals surface area contributed by atoms with Crippen LogP contribution in [-0.2, 0) is 9.63 Å². The zero-order valence-electron chi connectivity index (χ0n) is 12.6. The minimum absolute atomic E-state index is 0.0520. The summed E-state index contributed by atoms with van der Waals surface area (Å²) in [5.41, 5.74) is 2.11. The molecular weight excluding hydrogens is 302 g/mol. The molecule has 2 rings (SSSR count). The van der Waals surface area contributed by atoms with Crippen LogP contribution in [0, 0.1) is 5.92 Å². The average molecular weight is 318 g/mol. The van der Waals surface area contributed by atoms with E-state index in [1.165, 1.54) is 12.1 Å². The number of rotatable bonds is 3. The number of ketones is 1. The van der Waals surface area contributed by atoms with E-state index in [4.69, 9.17) is 16.4 Å². The van der Waals surface area contributed by atoms with Gasteiger partial charge in [0.25, 0.3) is 0 Å². The first-order valence-electron chi connectivity index (χ1n) is 6.88. The molecule has 1 aliphatic rings. The van der Waals surface area contributed by atoms with E-state index in [9.17, 15) is 9.59 Å². The van der Waals surface area contributed by atoms with Crippen molar-refractivity contribution in [3.63, 3.8) is 0 Å². The molecule has 0 heterocycles. The Morgan fingerprint density at radius 2 is 2.00 bits per heavy atom. The van der Waals surface area contributed by atoms with Crippen LogP contribution >= 0.6 is 11.6 Å². The molecule has 0 bridgehead atoms. The molecule has 0 atom stereocenters. The Morgan fingerprint density at radius 3 is 2.64 bits per heavy atom. The fraction of sp³-hybridized carbons (Fsp3) is 0.235. The molecule has 1 aromatic rings. The third kappa shape index (κ3) is 3.71. The summed E-state index contributed by atoms with van der Waals surface area (Å²) in [5.74, 6) is -0.554. The Labute approximate surface area is 134 Å². The summed E-state index contributed by atoms with van der Waals surface area (Å²) in [6.07, 6.45) is 3.16. The lowest BCUT2D eigenvalue weighted by Gasteiger charge is -2.15. The van der Waals surface area contributed by atoms with Crippen molar-refractivity contribution in [2.75, 3.05) is 0 Å². The van der Waals surface area contributed by atoms with E-state index < -0.39 is 5.97 Å². The van der Waals surface area contributed by atoms with Gasteiger partial charge in [0, 0.05) is 5.02 Å². The lowest BCUT2D eigenvalue weighted by atomic mass is 9.90. The molecule has 0 radical (unpaired) electrons. The first-order valence-corrected chi connectivity index (χ1v) is 7.25. The van der Waals surface area contributed by atoms with Gasteiger partial charge in [0.1, 0.15) is 5.71 Å². The largest absolute Gasteiger partial charge is 0.365 e. The van der Waals surface area contributed by atoms with Crippen LogP contribution in [0.15, 0.2) is 52.7 Å². The van der Waals surface area contributed by atoms with Crippen molar-refractivity contribution in [1.29, 1.82) is 0 Å². The molecular formula is C17H16ClNO3. The Bertz CT molecular complexity index is 714. The maximum absolute atomic E-state index is 12.0. The van der Waals surface area contributed by atoms with Crippen LogP contribution < -0.4 is 0 Å². The second-order valence-electron chi connectivity index (χ2n) is 5.31. The van der Waals surface area contributed by atoms with Crippen LogP contribution in [-0.4, -0.2) is 17.5 Å². The third-order valence-corrected chi connectivity index (χ3v) is 3.47. The predicted molar refractivity (Wildman–Crippen MR) is 86.0 cm³/mol. The number of oxime groups is 1. The van der Waals surface area contributed by atoms with Crippen molar-refractivity contribution in [3.8, 4) is 0 Å². The highest BCUT2D eigenvalue weighted by molar-refractivity contribution is 6.30. The molecule has 0 N–H and O–H groups in total. The molecule has 0 aromatic heterocycles. The number of carbonyl (C=O) groups is 2. The minimum Gasteiger partial charge on any atom is -0.312 e. The van der Waals surface area contributed by atoms with Gasteiger partial charge in [-0.15, -0.1) is 0 Å². The molecule has 114 valence electrons. The van der Waals surface area contributed by atoms with Gasteiger partial charge in [0.2, 0.25) is 0 Å². The highest BCUT2D eigenvalue weighted by Gasteiger charge is 2.19. The van der Waals surface area contributed by atoms with E-state index in [1.54, 1.807) is 31.2 Å². The SMILES string of the molecule is CC1=CC(=NOC(=O)c2cccc(Cl)c2)C(C(C)C)=CC1=O. The molecule has 4 nitrogen and oxygen atoms in total. The van der Waals surface area contributed by atoms with Crippen LogP contribution in [0.25, 0.3) is 0 Å². The van der Waals surface area contributed by atoms with Gasteiger partial charge in [-0.25, -0.2) is 4.79 Å². The lowest BCUT2D eigenvalue weighted by molar-refractivity contribution is -0.111. The standard InChI is InChI=1S/C17H16ClNO3/c1-10(2)14-9-16(20)11(3)7-15(14)19-22-17(21)12-5-4-6-13(18)8-12/h4-10H,1-3H3. The molecule has 0 aliphatic heterocycles. The molecule has 1 aromatic carbocycles. The predicted octanol–water partition coefficient (Wildman–Crippen LogP) is 3.96. The number of hydrogen-bond donors (Lipinski definition) is 0. The Kier molecular flexibility index (Phi) is 4.93. The second kappa shape index (κ2) is 6.71. The van der Waals surface area contributed by atoms with E-state index in [2.05, 4.69) is 5.16 Å². The van der Waals surface area contributed by atoms with E-state index in [0.29, 0.717) is 21.9 Å². The summed E-state index contributed by atoms with van der Waals surface area (Å²) >= 11 is 5.84. The van der Waals surface area contributed by atoms with Gasteiger partial charge in [-0.1, -0.05) is 36.7 Å². The second-order valence-corrected chi connectivity index (χ2v) is 5.75. The van der Waals surface area contributed by atoms with Crippen LogP contribution in [0.5, 0.6) is 0 Å². The molecule has 0 saturated carbocycles. The van der Waals surface area contributed by atoms with Crippen molar-refractivity contribution in [3.05, 3.63) is 58.1 Å². The smallest absolute Gasteiger partial charge is 0.312 e. The van der Waals surface area contributed by atoms with Gasteiger partial charge in [-0.3, -0.25) is 4.79 Å². The highest BCUT2D eigenvalue weighted by atomic mass is 35.5. The monoisotopic (exact) mass is 317 g/mol. The topological polar surface area (TPSA) is 55.7 Å². The van der Waals surface area contributed by atoms with Crippen LogP contribution in [0.3, 0.4) is 0 Å². The summed E-state index contributed by atoms with van der Waals surface area (Å²) in [6, 6.07) is 6.44. The maximum Gasteiger partial charge on any atom is 0.365 e. The summed E-state index contributed by atoms with van der Waals surface area (Å²) in [4.78, 5) is 28.7. The third-order valence-electron chi connectivity index (χ3n) is 3.23. The highest BCUT2D eigenvalue weighted by Crippen LogP contribution is 2.20.